The molecule has 2 N–H and O–H groups in total. The molecule has 0 aliphatic carbocycles. The first-order chi connectivity index (χ1) is 10.1. The number of fused-ring (bicyclic) bond motifs is 1. The molecule has 110 valence electrons. The number of rotatable bonds is 3. The molecule has 7 nitrogen and oxygen atoms in total. The van der Waals surface area contributed by atoms with E-state index < -0.39 is 12.1 Å². The zero-order chi connectivity index (χ0) is 15.0. The van der Waals surface area contributed by atoms with Gasteiger partial charge < -0.3 is 9.84 Å². The second-order valence-corrected chi connectivity index (χ2v) is 5.06. The minimum Gasteiger partial charge on any atom is -0.479 e. The van der Waals surface area contributed by atoms with Crippen molar-refractivity contribution in [2.75, 3.05) is 0 Å². The molecule has 2 atom stereocenters. The van der Waals surface area contributed by atoms with Gasteiger partial charge in [0, 0.05) is 0 Å². The van der Waals surface area contributed by atoms with Crippen molar-refractivity contribution in [3.8, 4) is 0 Å². The molecule has 0 bridgehead atoms. The number of carboxylic acid groups (broad SMARTS) is 1. The van der Waals surface area contributed by atoms with E-state index in [1.807, 2.05) is 0 Å². The number of carbonyl (C=O) groups is 1. The Labute approximate surface area is 118 Å². The molecule has 1 aromatic heterocycles. The lowest BCUT2D eigenvalue weighted by molar-refractivity contribution is -0.149. The average molecular weight is 290 g/mol. The Morgan fingerprint density at radius 3 is 2.67 bits per heavy atom. The second-order valence-electron chi connectivity index (χ2n) is 5.06. The van der Waals surface area contributed by atoms with Gasteiger partial charge in [-0.05, 0) is 25.0 Å². The fourth-order valence-corrected chi connectivity index (χ4v) is 2.60. The van der Waals surface area contributed by atoms with E-state index in [9.17, 15) is 14.4 Å². The molecule has 0 amide bonds. The van der Waals surface area contributed by atoms with Gasteiger partial charge in [-0.2, -0.15) is 0 Å². The molecule has 0 radical (unpaired) electrons. The van der Waals surface area contributed by atoms with Crippen molar-refractivity contribution in [1.29, 1.82) is 0 Å². The van der Waals surface area contributed by atoms with E-state index in [2.05, 4.69) is 5.10 Å². The highest BCUT2D eigenvalue weighted by Crippen LogP contribution is 2.20. The van der Waals surface area contributed by atoms with Crippen LogP contribution in [0.3, 0.4) is 0 Å². The average Bonchev–Trinajstić information content (AvgIpc) is 2.93. The van der Waals surface area contributed by atoms with E-state index in [1.165, 1.54) is 4.68 Å². The highest BCUT2D eigenvalue weighted by Gasteiger charge is 2.30. The van der Waals surface area contributed by atoms with Crippen molar-refractivity contribution in [3.63, 3.8) is 0 Å². The summed E-state index contributed by atoms with van der Waals surface area (Å²) in [5.41, 5.74) is -0.662. The van der Waals surface area contributed by atoms with Crippen LogP contribution in [0.4, 0.5) is 0 Å². The quantitative estimate of drug-likeness (QED) is 0.847. The van der Waals surface area contributed by atoms with Gasteiger partial charge in [0.05, 0.1) is 23.4 Å². The third kappa shape index (κ3) is 2.47. The van der Waals surface area contributed by atoms with E-state index >= 15 is 0 Å². The highest BCUT2D eigenvalue weighted by molar-refractivity contribution is 5.80. The zero-order valence-electron chi connectivity index (χ0n) is 11.1. The SMILES string of the molecule is O=C(O)C1CCC(Cn2[nH]c(=O)c3ccccc3c2=O)O1. The Morgan fingerprint density at radius 2 is 2.00 bits per heavy atom. The van der Waals surface area contributed by atoms with Crippen molar-refractivity contribution in [2.24, 2.45) is 0 Å². The predicted octanol–water partition coefficient (Wildman–Crippen LogP) is 0.322. The zero-order valence-corrected chi connectivity index (χ0v) is 11.1. The van der Waals surface area contributed by atoms with Crippen molar-refractivity contribution >= 4 is 16.7 Å². The summed E-state index contributed by atoms with van der Waals surface area (Å²) in [6, 6.07) is 6.57. The van der Waals surface area contributed by atoms with E-state index in [0.29, 0.717) is 23.6 Å². The molecule has 1 saturated heterocycles. The Kier molecular flexibility index (Phi) is 3.34. The maximum Gasteiger partial charge on any atom is 0.332 e. The molecule has 0 spiro atoms. The molecular formula is C14H14N2O5. The number of aliphatic carboxylic acids is 1. The predicted molar refractivity (Wildman–Crippen MR) is 74.4 cm³/mol. The first-order valence-electron chi connectivity index (χ1n) is 6.66. The molecule has 7 heteroatoms. The molecule has 1 aromatic carbocycles. The van der Waals surface area contributed by atoms with E-state index in [0.717, 1.165) is 0 Å². The van der Waals surface area contributed by atoms with Crippen molar-refractivity contribution in [2.45, 2.75) is 31.6 Å². The Balaban J connectivity index is 1.92. The van der Waals surface area contributed by atoms with Crippen LogP contribution < -0.4 is 11.1 Å². The van der Waals surface area contributed by atoms with Crippen LogP contribution in [0.1, 0.15) is 12.8 Å². The van der Waals surface area contributed by atoms with E-state index in [1.54, 1.807) is 24.3 Å². The number of ether oxygens (including phenoxy) is 1. The van der Waals surface area contributed by atoms with Gasteiger partial charge in [0.25, 0.3) is 11.1 Å². The highest BCUT2D eigenvalue weighted by atomic mass is 16.5. The third-order valence-electron chi connectivity index (χ3n) is 3.65. The molecule has 2 unspecified atom stereocenters. The van der Waals surface area contributed by atoms with Gasteiger partial charge in [-0.1, -0.05) is 12.1 Å². The summed E-state index contributed by atoms with van der Waals surface area (Å²) >= 11 is 0. The topological polar surface area (TPSA) is 101 Å². The molecule has 2 heterocycles. The van der Waals surface area contributed by atoms with Crippen molar-refractivity contribution in [1.82, 2.24) is 9.78 Å². The van der Waals surface area contributed by atoms with Crippen molar-refractivity contribution < 1.29 is 14.6 Å². The number of H-pyrrole nitrogens is 1. The fraction of sp³-hybridized carbons (Fsp3) is 0.357. The lowest BCUT2D eigenvalue weighted by Crippen LogP contribution is -2.34. The number of carboxylic acids is 1. The number of benzene rings is 1. The number of hydrogen-bond donors (Lipinski definition) is 2. The fourth-order valence-electron chi connectivity index (χ4n) is 2.60. The Bertz CT molecular complexity index is 807. The van der Waals surface area contributed by atoms with E-state index in [-0.39, 0.29) is 23.8 Å². The molecule has 2 aromatic rings. The standard InChI is InChI=1S/C14H14N2O5/c17-12-9-3-1-2-4-10(9)13(18)16(15-12)7-8-5-6-11(21-8)14(19)20/h1-4,8,11H,5-7H2,(H,15,17)(H,19,20). The summed E-state index contributed by atoms with van der Waals surface area (Å²) in [4.78, 5) is 35.1. The van der Waals surface area contributed by atoms with Gasteiger partial charge in [0.2, 0.25) is 0 Å². The molecule has 1 aliphatic rings. The van der Waals surface area contributed by atoms with Gasteiger partial charge in [0.1, 0.15) is 0 Å². The first-order valence-corrected chi connectivity index (χ1v) is 6.66. The van der Waals surface area contributed by atoms with Crippen LogP contribution in [0, 0.1) is 0 Å². The molecule has 1 aliphatic heterocycles. The second kappa shape index (κ2) is 5.17. The smallest absolute Gasteiger partial charge is 0.332 e. The van der Waals surface area contributed by atoms with Crippen LogP contribution in [-0.4, -0.2) is 33.1 Å². The van der Waals surface area contributed by atoms with E-state index in [4.69, 9.17) is 9.84 Å². The summed E-state index contributed by atoms with van der Waals surface area (Å²) in [5, 5.41) is 12.1. The maximum atomic E-state index is 12.3. The van der Waals surface area contributed by atoms with Gasteiger partial charge in [-0.25, -0.2) is 9.48 Å². The molecule has 0 saturated carbocycles. The van der Waals surface area contributed by atoms with Crippen LogP contribution in [0.5, 0.6) is 0 Å². The van der Waals surface area contributed by atoms with Crippen LogP contribution in [-0.2, 0) is 16.1 Å². The van der Waals surface area contributed by atoms with Crippen molar-refractivity contribution in [3.05, 3.63) is 45.0 Å². The number of nitrogens with one attached hydrogen (secondary N) is 1. The normalized spacial score (nSPS) is 21.7. The molecule has 21 heavy (non-hydrogen) atoms. The Hall–Kier alpha value is -2.41. The minimum absolute atomic E-state index is 0.142. The summed E-state index contributed by atoms with van der Waals surface area (Å²) < 4.78 is 6.55. The summed E-state index contributed by atoms with van der Waals surface area (Å²) in [6.07, 6.45) is -0.274. The van der Waals surface area contributed by atoms with Gasteiger partial charge in [-0.3, -0.25) is 14.7 Å². The monoisotopic (exact) mass is 290 g/mol. The molecule has 3 rings (SSSR count). The van der Waals surface area contributed by atoms with Crippen LogP contribution in [0.2, 0.25) is 0 Å². The van der Waals surface area contributed by atoms with Crippen LogP contribution in [0.25, 0.3) is 10.8 Å². The minimum atomic E-state index is -1.00. The summed E-state index contributed by atoms with van der Waals surface area (Å²) in [6.45, 7) is 0.142. The largest absolute Gasteiger partial charge is 0.479 e. The number of aromatic amines is 1. The van der Waals surface area contributed by atoms with Crippen LogP contribution in [0.15, 0.2) is 33.9 Å². The number of nitrogens with zero attached hydrogens (tertiary/aromatic N) is 1. The summed E-state index contributed by atoms with van der Waals surface area (Å²) in [7, 11) is 0. The Morgan fingerprint density at radius 1 is 1.29 bits per heavy atom. The molecular weight excluding hydrogens is 276 g/mol. The first kappa shape index (κ1) is 13.6. The molecule has 1 fully saturated rings. The van der Waals surface area contributed by atoms with Crippen LogP contribution >= 0.6 is 0 Å². The lowest BCUT2D eigenvalue weighted by Gasteiger charge is -2.13. The summed E-state index contributed by atoms with van der Waals surface area (Å²) in [5.74, 6) is -1.00. The van der Waals surface area contributed by atoms with Gasteiger partial charge in [-0.15, -0.1) is 0 Å². The lowest BCUT2D eigenvalue weighted by atomic mass is 10.2. The number of hydrogen-bond acceptors (Lipinski definition) is 4. The number of aromatic nitrogens is 2. The van der Waals surface area contributed by atoms with Gasteiger partial charge in [0.15, 0.2) is 6.10 Å². The van der Waals surface area contributed by atoms with Gasteiger partial charge >= 0.3 is 5.97 Å². The maximum absolute atomic E-state index is 12.3. The third-order valence-corrected chi connectivity index (χ3v) is 3.65.